The van der Waals surface area contributed by atoms with Crippen molar-refractivity contribution >= 4 is 29.9 Å². The van der Waals surface area contributed by atoms with Gasteiger partial charge in [-0.2, -0.15) is 0 Å². The molecule has 148 valence electrons. The minimum Gasteiger partial charge on any atom is -0.493 e. The molecule has 6 nitrogen and oxygen atoms in total. The van der Waals surface area contributed by atoms with Crippen molar-refractivity contribution < 1.29 is 14.2 Å². The lowest BCUT2D eigenvalue weighted by Crippen LogP contribution is -2.44. The number of halogens is 1. The van der Waals surface area contributed by atoms with Crippen LogP contribution in [0.25, 0.3) is 0 Å². The monoisotopic (exact) mass is 477 g/mol. The molecular formula is C19H32IN3O3. The Hall–Kier alpha value is -1.22. The lowest BCUT2D eigenvalue weighted by Gasteiger charge is -2.32. The number of aliphatic imine (C=N–C) groups is 1. The van der Waals surface area contributed by atoms with Crippen LogP contribution >= 0.6 is 24.0 Å². The van der Waals surface area contributed by atoms with Gasteiger partial charge in [0.1, 0.15) is 0 Å². The molecule has 1 aromatic carbocycles. The molecule has 1 aromatic rings. The van der Waals surface area contributed by atoms with Gasteiger partial charge >= 0.3 is 0 Å². The zero-order valence-corrected chi connectivity index (χ0v) is 18.7. The van der Waals surface area contributed by atoms with E-state index >= 15 is 0 Å². The van der Waals surface area contributed by atoms with Gasteiger partial charge in [-0.3, -0.25) is 4.99 Å². The van der Waals surface area contributed by atoms with Crippen molar-refractivity contribution in [3.8, 4) is 11.5 Å². The van der Waals surface area contributed by atoms with Crippen LogP contribution in [0.1, 0.15) is 30.9 Å². The smallest absolute Gasteiger partial charge is 0.193 e. The van der Waals surface area contributed by atoms with Gasteiger partial charge in [0.2, 0.25) is 0 Å². The van der Waals surface area contributed by atoms with E-state index < -0.39 is 0 Å². The minimum absolute atomic E-state index is 0. The Labute approximate surface area is 174 Å². The number of hydrogen-bond donors (Lipinski definition) is 1. The summed E-state index contributed by atoms with van der Waals surface area (Å²) in [7, 11) is 5.19. The van der Waals surface area contributed by atoms with Crippen LogP contribution in [-0.2, 0) is 17.7 Å². The van der Waals surface area contributed by atoms with E-state index in [4.69, 9.17) is 14.2 Å². The molecule has 2 rings (SSSR count). The fraction of sp³-hybridized carbons (Fsp3) is 0.632. The van der Waals surface area contributed by atoms with Crippen LogP contribution in [-0.4, -0.2) is 58.4 Å². The Balaban J connectivity index is 0.00000338. The van der Waals surface area contributed by atoms with Gasteiger partial charge in [-0.05, 0) is 49.4 Å². The maximum atomic E-state index is 5.43. The standard InChI is InChI=1S/C19H31N3O3.HI/c1-5-25-11-7-6-9-21-19(20-2)22-10-8-15-12-17(23-3)18(24-4)13-16(15)14-22;/h12-13H,5-11,14H2,1-4H3,(H,20,21);1H. The van der Waals surface area contributed by atoms with Crippen LogP contribution < -0.4 is 14.8 Å². The van der Waals surface area contributed by atoms with E-state index in [9.17, 15) is 0 Å². The molecule has 1 N–H and O–H groups in total. The van der Waals surface area contributed by atoms with Crippen LogP contribution in [0, 0.1) is 0 Å². The minimum atomic E-state index is 0. The number of ether oxygens (including phenoxy) is 3. The highest BCUT2D eigenvalue weighted by Gasteiger charge is 2.21. The van der Waals surface area contributed by atoms with Crippen LogP contribution in [0.2, 0.25) is 0 Å². The van der Waals surface area contributed by atoms with Gasteiger partial charge in [0.05, 0.1) is 14.2 Å². The van der Waals surface area contributed by atoms with Crippen LogP contribution in [0.15, 0.2) is 17.1 Å². The summed E-state index contributed by atoms with van der Waals surface area (Å²) in [4.78, 5) is 6.73. The number of nitrogens with zero attached hydrogens (tertiary/aromatic N) is 2. The van der Waals surface area contributed by atoms with Gasteiger partial charge in [0.15, 0.2) is 17.5 Å². The lowest BCUT2D eigenvalue weighted by molar-refractivity contribution is 0.143. The molecule has 0 aliphatic carbocycles. The van der Waals surface area contributed by atoms with Crippen molar-refractivity contribution in [2.45, 2.75) is 32.7 Å². The predicted molar refractivity (Wildman–Crippen MR) is 116 cm³/mol. The second-order valence-corrected chi connectivity index (χ2v) is 6.03. The first-order valence-corrected chi connectivity index (χ1v) is 9.00. The summed E-state index contributed by atoms with van der Waals surface area (Å²) in [5, 5.41) is 3.46. The maximum absolute atomic E-state index is 5.43. The molecule has 7 heteroatoms. The number of unbranched alkanes of at least 4 members (excludes halogenated alkanes) is 1. The molecule has 0 fully saturated rings. The highest BCUT2D eigenvalue weighted by atomic mass is 127. The quantitative estimate of drug-likeness (QED) is 0.270. The van der Waals surface area contributed by atoms with Crippen LogP contribution in [0.5, 0.6) is 11.5 Å². The van der Waals surface area contributed by atoms with Gasteiger partial charge in [-0.15, -0.1) is 24.0 Å². The molecular weight excluding hydrogens is 445 g/mol. The SMILES string of the molecule is CCOCCCCNC(=NC)N1CCc2cc(OC)c(OC)cc2C1.I. The molecule has 1 heterocycles. The summed E-state index contributed by atoms with van der Waals surface area (Å²) < 4.78 is 16.2. The number of nitrogens with one attached hydrogen (secondary N) is 1. The first-order chi connectivity index (χ1) is 12.2. The number of benzene rings is 1. The zero-order chi connectivity index (χ0) is 18.1. The highest BCUT2D eigenvalue weighted by Crippen LogP contribution is 2.33. The lowest BCUT2D eigenvalue weighted by atomic mass is 9.99. The van der Waals surface area contributed by atoms with Gasteiger partial charge in [-0.25, -0.2) is 0 Å². The number of fused-ring (bicyclic) bond motifs is 1. The second kappa shape index (κ2) is 12.2. The third kappa shape index (κ3) is 6.19. The van der Waals surface area contributed by atoms with Crippen molar-refractivity contribution in [3.63, 3.8) is 0 Å². The van der Waals surface area contributed by atoms with E-state index in [0.29, 0.717) is 0 Å². The van der Waals surface area contributed by atoms with Crippen molar-refractivity contribution in [2.24, 2.45) is 4.99 Å². The molecule has 0 unspecified atom stereocenters. The average Bonchev–Trinajstić information content (AvgIpc) is 2.66. The zero-order valence-electron chi connectivity index (χ0n) is 16.3. The van der Waals surface area contributed by atoms with Gasteiger partial charge in [-0.1, -0.05) is 0 Å². The van der Waals surface area contributed by atoms with E-state index in [1.807, 2.05) is 14.0 Å². The van der Waals surface area contributed by atoms with Gasteiger partial charge in [0, 0.05) is 39.9 Å². The van der Waals surface area contributed by atoms with E-state index in [1.54, 1.807) is 14.2 Å². The molecule has 0 atom stereocenters. The van der Waals surface area contributed by atoms with Crippen molar-refractivity contribution in [2.75, 3.05) is 47.6 Å². The highest BCUT2D eigenvalue weighted by molar-refractivity contribution is 14.0. The Morgan fingerprint density at radius 3 is 2.46 bits per heavy atom. The molecule has 0 aromatic heterocycles. The molecule has 0 saturated carbocycles. The summed E-state index contributed by atoms with van der Waals surface area (Å²) in [6.45, 7) is 6.33. The van der Waals surface area contributed by atoms with Crippen LogP contribution in [0.3, 0.4) is 0 Å². The first-order valence-electron chi connectivity index (χ1n) is 9.00. The molecule has 26 heavy (non-hydrogen) atoms. The van der Waals surface area contributed by atoms with Crippen molar-refractivity contribution in [1.29, 1.82) is 0 Å². The third-order valence-electron chi connectivity index (χ3n) is 4.43. The summed E-state index contributed by atoms with van der Waals surface area (Å²) in [5.74, 6) is 2.53. The number of guanidine groups is 1. The Bertz CT molecular complexity index is 581. The van der Waals surface area contributed by atoms with E-state index in [1.165, 1.54) is 11.1 Å². The number of hydrogen-bond acceptors (Lipinski definition) is 4. The fourth-order valence-electron chi connectivity index (χ4n) is 3.07. The Kier molecular flexibility index (Phi) is 10.7. The maximum Gasteiger partial charge on any atom is 0.193 e. The molecule has 0 saturated heterocycles. The number of methoxy groups -OCH3 is 2. The van der Waals surface area contributed by atoms with E-state index in [0.717, 1.165) is 69.6 Å². The second-order valence-electron chi connectivity index (χ2n) is 6.03. The normalized spacial score (nSPS) is 13.7. The topological polar surface area (TPSA) is 55.3 Å². The Morgan fingerprint density at radius 1 is 1.15 bits per heavy atom. The third-order valence-corrected chi connectivity index (χ3v) is 4.43. The molecule has 0 radical (unpaired) electrons. The first kappa shape index (κ1) is 22.8. The van der Waals surface area contributed by atoms with E-state index in [2.05, 4.69) is 27.3 Å². The predicted octanol–water partition coefficient (Wildman–Crippen LogP) is 3.07. The summed E-state index contributed by atoms with van der Waals surface area (Å²) >= 11 is 0. The fourth-order valence-corrected chi connectivity index (χ4v) is 3.07. The average molecular weight is 477 g/mol. The summed E-state index contributed by atoms with van der Waals surface area (Å²) in [5.41, 5.74) is 2.59. The molecule has 0 spiro atoms. The Morgan fingerprint density at radius 2 is 1.85 bits per heavy atom. The summed E-state index contributed by atoms with van der Waals surface area (Å²) in [6.07, 6.45) is 3.12. The molecule has 1 aliphatic rings. The molecule has 1 aliphatic heterocycles. The van der Waals surface area contributed by atoms with Crippen molar-refractivity contribution in [3.05, 3.63) is 23.3 Å². The van der Waals surface area contributed by atoms with E-state index in [-0.39, 0.29) is 24.0 Å². The largest absolute Gasteiger partial charge is 0.493 e. The molecule has 0 amide bonds. The van der Waals surface area contributed by atoms with Crippen molar-refractivity contribution in [1.82, 2.24) is 10.2 Å². The summed E-state index contributed by atoms with van der Waals surface area (Å²) in [6, 6.07) is 4.17. The number of rotatable bonds is 8. The molecule has 0 bridgehead atoms. The van der Waals surface area contributed by atoms with Gasteiger partial charge < -0.3 is 24.4 Å². The van der Waals surface area contributed by atoms with Gasteiger partial charge in [0.25, 0.3) is 0 Å². The van der Waals surface area contributed by atoms with Crippen LogP contribution in [0.4, 0.5) is 0 Å².